The van der Waals surface area contributed by atoms with Gasteiger partial charge in [0.15, 0.2) is 6.10 Å². The molecule has 8 nitrogen and oxygen atoms in total. The number of carbonyl (C=O) groups is 3. The number of hydrogen-bond donors (Lipinski definition) is 1. The highest BCUT2D eigenvalue weighted by molar-refractivity contribution is 5.89. The average Bonchev–Trinajstić information content (AvgIpc) is 3.02. The summed E-state index contributed by atoms with van der Waals surface area (Å²) in [5.41, 5.74) is -2.44. The van der Waals surface area contributed by atoms with Crippen LogP contribution in [-0.4, -0.2) is 58.6 Å². The van der Waals surface area contributed by atoms with Gasteiger partial charge in [-0.1, -0.05) is 25.1 Å². The lowest BCUT2D eigenvalue weighted by Gasteiger charge is -2.62. The lowest BCUT2D eigenvalue weighted by molar-refractivity contribution is -0.289. The van der Waals surface area contributed by atoms with Gasteiger partial charge < -0.3 is 24.1 Å². The Morgan fingerprint density at radius 1 is 0.971 bits per heavy atom. The van der Waals surface area contributed by atoms with Gasteiger partial charge in [-0.25, -0.2) is 4.79 Å². The van der Waals surface area contributed by atoms with E-state index >= 15 is 0 Å². The van der Waals surface area contributed by atoms with Gasteiger partial charge in [-0.15, -0.1) is 0 Å². The molecule has 2 saturated carbocycles. The van der Waals surface area contributed by atoms with E-state index in [1.807, 2.05) is 27.7 Å². The van der Waals surface area contributed by atoms with Crippen LogP contribution < -0.4 is 0 Å². The van der Waals surface area contributed by atoms with Crippen LogP contribution in [0.5, 0.6) is 0 Å². The lowest BCUT2D eigenvalue weighted by atomic mass is 9.49. The van der Waals surface area contributed by atoms with Crippen molar-refractivity contribution in [2.45, 2.75) is 90.0 Å². The number of aliphatic hydroxyl groups excluding tert-OH is 1. The van der Waals surface area contributed by atoms with Crippen LogP contribution in [0.3, 0.4) is 0 Å². The van der Waals surface area contributed by atoms with Crippen molar-refractivity contribution in [3.63, 3.8) is 0 Å². The SMILES string of the molecule is CC(=O)O[C@H]1[C@@H]2C[C@]3(OC2(C)C)[C@H](C)C[C@H](O)[C@H](OC(C)=O)[C@@]3(C)[C@H]1OC(=O)c1ccccc1. The Kier molecular flexibility index (Phi) is 6.05. The molecule has 1 heterocycles. The number of aliphatic hydroxyl groups is 1. The predicted octanol–water partition coefficient (Wildman–Crippen LogP) is 3.05. The molecule has 2 bridgehead atoms. The van der Waals surface area contributed by atoms with E-state index in [2.05, 4.69) is 0 Å². The minimum Gasteiger partial charge on any atom is -0.459 e. The molecule has 1 aromatic rings. The van der Waals surface area contributed by atoms with Crippen LogP contribution in [0.4, 0.5) is 0 Å². The number of benzene rings is 1. The number of fused-ring (bicyclic) bond motifs is 1. The maximum atomic E-state index is 13.3. The van der Waals surface area contributed by atoms with Crippen LogP contribution in [0, 0.1) is 17.3 Å². The summed E-state index contributed by atoms with van der Waals surface area (Å²) in [5, 5.41) is 11.1. The summed E-state index contributed by atoms with van der Waals surface area (Å²) in [4.78, 5) is 37.6. The summed E-state index contributed by atoms with van der Waals surface area (Å²) in [6.45, 7) is 10.3. The Morgan fingerprint density at radius 2 is 1.59 bits per heavy atom. The number of hydrogen-bond acceptors (Lipinski definition) is 8. The van der Waals surface area contributed by atoms with Gasteiger partial charge >= 0.3 is 17.9 Å². The third-order valence-electron chi connectivity index (χ3n) is 8.23. The first-order valence-electron chi connectivity index (χ1n) is 11.8. The Labute approximate surface area is 199 Å². The molecule has 0 amide bonds. The molecule has 0 radical (unpaired) electrons. The number of esters is 3. The van der Waals surface area contributed by atoms with Crippen LogP contribution in [0.1, 0.15) is 64.7 Å². The molecule has 0 aromatic heterocycles. The highest BCUT2D eigenvalue weighted by Crippen LogP contribution is 2.67. The van der Waals surface area contributed by atoms with E-state index in [-0.39, 0.29) is 11.8 Å². The van der Waals surface area contributed by atoms with Crippen molar-refractivity contribution < 1.29 is 38.4 Å². The van der Waals surface area contributed by atoms with Crippen molar-refractivity contribution in [3.8, 4) is 0 Å². The van der Waals surface area contributed by atoms with Gasteiger partial charge in [-0.05, 0) is 51.7 Å². The van der Waals surface area contributed by atoms with Gasteiger partial charge in [-0.2, -0.15) is 0 Å². The fraction of sp³-hybridized carbons (Fsp3) is 0.654. The monoisotopic (exact) mass is 474 g/mol. The van der Waals surface area contributed by atoms with E-state index in [0.717, 1.165) is 0 Å². The summed E-state index contributed by atoms with van der Waals surface area (Å²) in [7, 11) is 0. The van der Waals surface area contributed by atoms with Gasteiger partial charge in [0.05, 0.1) is 28.3 Å². The van der Waals surface area contributed by atoms with Gasteiger partial charge in [-0.3, -0.25) is 9.59 Å². The minimum absolute atomic E-state index is 0.139. The third-order valence-corrected chi connectivity index (χ3v) is 8.23. The Morgan fingerprint density at radius 3 is 2.18 bits per heavy atom. The maximum absolute atomic E-state index is 13.3. The van der Waals surface area contributed by atoms with Gasteiger partial charge in [0.1, 0.15) is 12.2 Å². The molecule has 1 spiro atoms. The summed E-state index contributed by atoms with van der Waals surface area (Å²) < 4.78 is 24.5. The third kappa shape index (κ3) is 3.62. The zero-order chi connectivity index (χ0) is 25.1. The van der Waals surface area contributed by atoms with Gasteiger partial charge in [0, 0.05) is 19.8 Å². The highest BCUT2D eigenvalue weighted by atomic mass is 16.6. The first-order chi connectivity index (χ1) is 15.8. The normalized spacial score (nSPS) is 40.1. The molecule has 0 unspecified atom stereocenters. The molecular weight excluding hydrogens is 440 g/mol. The smallest absolute Gasteiger partial charge is 0.338 e. The molecule has 4 rings (SSSR count). The predicted molar refractivity (Wildman–Crippen MR) is 121 cm³/mol. The van der Waals surface area contributed by atoms with Gasteiger partial charge in [0.2, 0.25) is 0 Å². The maximum Gasteiger partial charge on any atom is 0.338 e. The van der Waals surface area contributed by atoms with E-state index in [1.54, 1.807) is 30.3 Å². The molecule has 186 valence electrons. The second-order valence-electron chi connectivity index (χ2n) is 10.7. The van der Waals surface area contributed by atoms with Crippen molar-refractivity contribution >= 4 is 17.9 Å². The summed E-state index contributed by atoms with van der Waals surface area (Å²) in [6, 6.07) is 8.53. The topological polar surface area (TPSA) is 108 Å². The molecule has 34 heavy (non-hydrogen) atoms. The van der Waals surface area contributed by atoms with E-state index < -0.39 is 58.9 Å². The van der Waals surface area contributed by atoms with Crippen LogP contribution in [0.25, 0.3) is 0 Å². The van der Waals surface area contributed by atoms with Crippen molar-refractivity contribution in [2.75, 3.05) is 0 Å². The molecule has 8 heteroatoms. The largest absolute Gasteiger partial charge is 0.459 e. The molecule has 1 saturated heterocycles. The zero-order valence-corrected chi connectivity index (χ0v) is 20.6. The fourth-order valence-corrected chi connectivity index (χ4v) is 6.77. The van der Waals surface area contributed by atoms with E-state index in [0.29, 0.717) is 18.4 Å². The molecular formula is C26H34O8. The van der Waals surface area contributed by atoms with Gasteiger partial charge in [0.25, 0.3) is 0 Å². The quantitative estimate of drug-likeness (QED) is 0.524. The molecule has 3 fully saturated rings. The average molecular weight is 475 g/mol. The molecule has 1 aliphatic heterocycles. The molecule has 1 N–H and O–H groups in total. The fourth-order valence-electron chi connectivity index (χ4n) is 6.77. The second-order valence-corrected chi connectivity index (χ2v) is 10.7. The van der Waals surface area contributed by atoms with Crippen molar-refractivity contribution in [3.05, 3.63) is 35.9 Å². The zero-order valence-electron chi connectivity index (χ0n) is 20.6. The first-order valence-corrected chi connectivity index (χ1v) is 11.8. The summed E-state index contributed by atoms with van der Waals surface area (Å²) in [6.07, 6.45) is -3.03. The Hall–Kier alpha value is -2.45. The number of carbonyl (C=O) groups excluding carboxylic acids is 3. The number of rotatable bonds is 4. The molecule has 1 aromatic carbocycles. The molecule has 8 atom stereocenters. The van der Waals surface area contributed by atoms with Crippen molar-refractivity contribution in [1.82, 2.24) is 0 Å². The lowest BCUT2D eigenvalue weighted by Crippen LogP contribution is -2.74. The molecule has 2 aliphatic carbocycles. The van der Waals surface area contributed by atoms with E-state index in [9.17, 15) is 19.5 Å². The first kappa shape index (κ1) is 24.7. The number of ether oxygens (including phenoxy) is 4. The summed E-state index contributed by atoms with van der Waals surface area (Å²) in [5.74, 6) is -2.08. The van der Waals surface area contributed by atoms with Crippen LogP contribution in [0.15, 0.2) is 30.3 Å². The Balaban J connectivity index is 1.90. The van der Waals surface area contributed by atoms with Crippen LogP contribution in [-0.2, 0) is 28.5 Å². The van der Waals surface area contributed by atoms with Crippen molar-refractivity contribution in [2.24, 2.45) is 17.3 Å². The van der Waals surface area contributed by atoms with Crippen LogP contribution >= 0.6 is 0 Å². The van der Waals surface area contributed by atoms with Crippen molar-refractivity contribution in [1.29, 1.82) is 0 Å². The van der Waals surface area contributed by atoms with E-state index in [1.165, 1.54) is 13.8 Å². The Bertz CT molecular complexity index is 974. The summed E-state index contributed by atoms with van der Waals surface area (Å²) >= 11 is 0. The minimum atomic E-state index is -1.19. The second kappa shape index (κ2) is 8.34. The highest BCUT2D eigenvalue weighted by Gasteiger charge is 2.78. The molecule has 3 aliphatic rings. The van der Waals surface area contributed by atoms with E-state index in [4.69, 9.17) is 18.9 Å². The van der Waals surface area contributed by atoms with Crippen LogP contribution in [0.2, 0.25) is 0 Å². The standard InChI is InChI=1S/C26H34O8/c1-14-12-19(29)21(32-16(3)28)25(6)22(33-23(30)17-10-8-7-9-11-17)20(31-15(2)27)18-13-26(14,25)34-24(18,4)5/h7-11,14,18-22,29H,12-13H2,1-6H3/t14-,18+,19+,20+,21+,22+,25+,26+/m1/s1.